The van der Waals surface area contributed by atoms with Gasteiger partial charge >= 0.3 is 0 Å². The van der Waals surface area contributed by atoms with E-state index in [9.17, 15) is 4.79 Å². The summed E-state index contributed by atoms with van der Waals surface area (Å²) in [5, 5.41) is 6.60. The summed E-state index contributed by atoms with van der Waals surface area (Å²) < 4.78 is 5.15. The van der Waals surface area contributed by atoms with E-state index >= 15 is 0 Å². The number of benzene rings is 2. The zero-order chi connectivity index (χ0) is 14.8. The molecule has 3 rings (SSSR count). The molecule has 4 nitrogen and oxygen atoms in total. The van der Waals surface area contributed by atoms with E-state index in [4.69, 9.17) is 16.3 Å². The van der Waals surface area contributed by atoms with E-state index < -0.39 is 0 Å². The fourth-order valence-corrected chi connectivity index (χ4v) is 2.63. The van der Waals surface area contributed by atoms with Gasteiger partial charge in [0, 0.05) is 18.3 Å². The predicted octanol–water partition coefficient (Wildman–Crippen LogP) is 3.50. The molecule has 1 unspecified atom stereocenters. The zero-order valence-electron chi connectivity index (χ0n) is 11.5. The van der Waals surface area contributed by atoms with Crippen molar-refractivity contribution in [3.8, 4) is 5.75 Å². The molecule has 5 heteroatoms. The van der Waals surface area contributed by atoms with Crippen LogP contribution in [-0.4, -0.2) is 19.6 Å². The van der Waals surface area contributed by atoms with Gasteiger partial charge in [0.2, 0.25) is 5.91 Å². The van der Waals surface area contributed by atoms with Gasteiger partial charge in [0.15, 0.2) is 0 Å². The van der Waals surface area contributed by atoms with Crippen molar-refractivity contribution in [1.82, 2.24) is 0 Å². The Morgan fingerprint density at radius 3 is 2.95 bits per heavy atom. The smallest absolute Gasteiger partial charge is 0.233 e. The molecule has 1 aliphatic rings. The van der Waals surface area contributed by atoms with Crippen LogP contribution in [0, 0.1) is 0 Å². The predicted molar refractivity (Wildman–Crippen MR) is 84.3 cm³/mol. The quantitative estimate of drug-likeness (QED) is 0.912. The molecule has 1 heterocycles. The summed E-state index contributed by atoms with van der Waals surface area (Å²) in [4.78, 5) is 12.5. The lowest BCUT2D eigenvalue weighted by Gasteiger charge is -2.13. The molecule has 0 saturated carbocycles. The number of carbonyl (C=O) groups excluding carboxylic acids is 1. The summed E-state index contributed by atoms with van der Waals surface area (Å²) in [6.45, 7) is 0.590. The lowest BCUT2D eigenvalue weighted by molar-refractivity contribution is -0.117. The van der Waals surface area contributed by atoms with Crippen LogP contribution >= 0.6 is 11.6 Å². The third-order valence-corrected chi connectivity index (χ3v) is 3.91. The fourth-order valence-electron chi connectivity index (χ4n) is 2.46. The van der Waals surface area contributed by atoms with Crippen molar-refractivity contribution in [2.75, 3.05) is 24.3 Å². The normalized spacial score (nSPS) is 16.0. The standard InChI is InChI=1S/C16H15ClN2O2/c1-21-10-6-7-13(17)15(8-10)19-16(20)12-9-18-14-5-3-2-4-11(12)14/h2-8,12,18H,9H2,1H3,(H,19,20). The molecule has 2 N–H and O–H groups in total. The molecule has 2 aromatic carbocycles. The topological polar surface area (TPSA) is 50.4 Å². The van der Waals surface area contributed by atoms with Gasteiger partial charge in [-0.1, -0.05) is 29.8 Å². The van der Waals surface area contributed by atoms with E-state index in [0.29, 0.717) is 23.0 Å². The summed E-state index contributed by atoms with van der Waals surface area (Å²) in [5.41, 5.74) is 2.58. The van der Waals surface area contributed by atoms with Crippen molar-refractivity contribution in [3.05, 3.63) is 53.1 Å². The fraction of sp³-hybridized carbons (Fsp3) is 0.188. The first-order chi connectivity index (χ1) is 10.2. The highest BCUT2D eigenvalue weighted by atomic mass is 35.5. The first-order valence-corrected chi connectivity index (χ1v) is 7.04. The monoisotopic (exact) mass is 302 g/mol. The Hall–Kier alpha value is -2.20. The number of carbonyl (C=O) groups is 1. The van der Waals surface area contributed by atoms with E-state index in [1.807, 2.05) is 24.3 Å². The molecular weight excluding hydrogens is 288 g/mol. The molecular formula is C16H15ClN2O2. The Morgan fingerprint density at radius 2 is 2.14 bits per heavy atom. The number of methoxy groups -OCH3 is 1. The van der Waals surface area contributed by atoms with Crippen molar-refractivity contribution in [2.45, 2.75) is 5.92 Å². The SMILES string of the molecule is COc1ccc(Cl)c(NC(=O)C2CNc3ccccc32)c1. The number of hydrogen-bond donors (Lipinski definition) is 2. The second-order valence-corrected chi connectivity index (χ2v) is 5.26. The number of para-hydroxylation sites is 1. The van der Waals surface area contributed by atoms with Crippen LogP contribution < -0.4 is 15.4 Å². The molecule has 0 aromatic heterocycles. The molecule has 0 fully saturated rings. The molecule has 0 radical (unpaired) electrons. The van der Waals surface area contributed by atoms with Crippen molar-refractivity contribution in [1.29, 1.82) is 0 Å². The van der Waals surface area contributed by atoms with Gasteiger partial charge in [-0.25, -0.2) is 0 Å². The van der Waals surface area contributed by atoms with Crippen LogP contribution in [0.5, 0.6) is 5.75 Å². The van der Waals surface area contributed by atoms with Crippen molar-refractivity contribution in [2.24, 2.45) is 0 Å². The number of hydrogen-bond acceptors (Lipinski definition) is 3. The van der Waals surface area contributed by atoms with Gasteiger partial charge in [-0.3, -0.25) is 4.79 Å². The van der Waals surface area contributed by atoms with E-state index in [1.54, 1.807) is 25.3 Å². The molecule has 1 aliphatic heterocycles. The molecule has 1 amide bonds. The van der Waals surface area contributed by atoms with Gasteiger partial charge in [-0.2, -0.15) is 0 Å². The first-order valence-electron chi connectivity index (χ1n) is 6.66. The Labute approximate surface area is 128 Å². The average molecular weight is 303 g/mol. The molecule has 21 heavy (non-hydrogen) atoms. The Kier molecular flexibility index (Phi) is 3.71. The summed E-state index contributed by atoms with van der Waals surface area (Å²) >= 11 is 6.12. The Morgan fingerprint density at radius 1 is 1.33 bits per heavy atom. The van der Waals surface area contributed by atoms with Gasteiger partial charge < -0.3 is 15.4 Å². The minimum absolute atomic E-state index is 0.0809. The lowest BCUT2D eigenvalue weighted by Crippen LogP contribution is -2.22. The number of amides is 1. The zero-order valence-corrected chi connectivity index (χ0v) is 12.3. The molecule has 0 spiro atoms. The third-order valence-electron chi connectivity index (χ3n) is 3.58. The highest BCUT2D eigenvalue weighted by Crippen LogP contribution is 2.33. The largest absolute Gasteiger partial charge is 0.497 e. The van der Waals surface area contributed by atoms with Gasteiger partial charge in [-0.15, -0.1) is 0 Å². The lowest BCUT2D eigenvalue weighted by atomic mass is 10.0. The summed E-state index contributed by atoms with van der Waals surface area (Å²) in [6, 6.07) is 13.0. The van der Waals surface area contributed by atoms with Gasteiger partial charge in [0.05, 0.1) is 23.7 Å². The second kappa shape index (κ2) is 5.66. The van der Waals surface area contributed by atoms with E-state index in [1.165, 1.54) is 0 Å². The van der Waals surface area contributed by atoms with Crippen LogP contribution in [0.25, 0.3) is 0 Å². The van der Waals surface area contributed by atoms with E-state index in [0.717, 1.165) is 11.3 Å². The van der Waals surface area contributed by atoms with Crippen LogP contribution in [0.2, 0.25) is 5.02 Å². The number of anilines is 2. The maximum Gasteiger partial charge on any atom is 0.233 e. The molecule has 0 aliphatic carbocycles. The summed E-state index contributed by atoms with van der Waals surface area (Å²) in [7, 11) is 1.58. The number of rotatable bonds is 3. The minimum Gasteiger partial charge on any atom is -0.497 e. The van der Waals surface area contributed by atoms with Crippen molar-refractivity contribution in [3.63, 3.8) is 0 Å². The third kappa shape index (κ3) is 2.67. The molecule has 0 bridgehead atoms. The van der Waals surface area contributed by atoms with Crippen molar-refractivity contribution < 1.29 is 9.53 Å². The molecule has 1 atom stereocenters. The maximum absolute atomic E-state index is 12.5. The van der Waals surface area contributed by atoms with Gasteiger partial charge in [-0.05, 0) is 23.8 Å². The maximum atomic E-state index is 12.5. The summed E-state index contributed by atoms with van der Waals surface area (Å²) in [6.07, 6.45) is 0. The number of ether oxygens (including phenoxy) is 1. The van der Waals surface area contributed by atoms with Crippen LogP contribution in [0.1, 0.15) is 11.5 Å². The highest BCUT2D eigenvalue weighted by Gasteiger charge is 2.28. The Balaban J connectivity index is 1.82. The number of fused-ring (bicyclic) bond motifs is 1. The molecule has 108 valence electrons. The molecule has 0 saturated heterocycles. The van der Waals surface area contributed by atoms with Crippen molar-refractivity contribution >= 4 is 28.9 Å². The van der Waals surface area contributed by atoms with Crippen LogP contribution in [0.4, 0.5) is 11.4 Å². The highest BCUT2D eigenvalue weighted by molar-refractivity contribution is 6.33. The number of halogens is 1. The minimum atomic E-state index is -0.219. The van der Waals surface area contributed by atoms with Gasteiger partial charge in [0.25, 0.3) is 0 Å². The average Bonchev–Trinajstić information content (AvgIpc) is 2.93. The van der Waals surface area contributed by atoms with E-state index in [2.05, 4.69) is 10.6 Å². The van der Waals surface area contributed by atoms with Crippen LogP contribution in [0.3, 0.4) is 0 Å². The van der Waals surface area contributed by atoms with Crippen LogP contribution in [-0.2, 0) is 4.79 Å². The van der Waals surface area contributed by atoms with Gasteiger partial charge in [0.1, 0.15) is 5.75 Å². The Bertz CT molecular complexity index is 688. The van der Waals surface area contributed by atoms with Crippen LogP contribution in [0.15, 0.2) is 42.5 Å². The molecule has 2 aromatic rings. The second-order valence-electron chi connectivity index (χ2n) is 4.86. The first kappa shape index (κ1) is 13.8. The number of nitrogens with one attached hydrogen (secondary N) is 2. The summed E-state index contributed by atoms with van der Waals surface area (Å²) in [5.74, 6) is 0.353. The van der Waals surface area contributed by atoms with E-state index in [-0.39, 0.29) is 11.8 Å².